The Bertz CT molecular complexity index is 1110. The first kappa shape index (κ1) is 22.8. The van der Waals surface area contributed by atoms with Crippen molar-refractivity contribution in [3.05, 3.63) is 94.5 Å². The molecule has 1 saturated carbocycles. The van der Waals surface area contributed by atoms with E-state index in [2.05, 4.69) is 13.0 Å². The van der Waals surface area contributed by atoms with Crippen LogP contribution >= 0.6 is 0 Å². The molecule has 1 fully saturated rings. The van der Waals surface area contributed by atoms with E-state index in [0.717, 1.165) is 48.8 Å². The molecule has 4 rings (SSSR count). The average Bonchev–Trinajstić information content (AvgIpc) is 3.40. The van der Waals surface area contributed by atoms with Gasteiger partial charge < -0.3 is 9.47 Å². The Morgan fingerprint density at radius 1 is 0.727 bits per heavy atom. The predicted molar refractivity (Wildman–Crippen MR) is 129 cm³/mol. The summed E-state index contributed by atoms with van der Waals surface area (Å²) in [6, 6.07) is 20.0. The molecule has 0 N–H and O–H groups in total. The topological polar surface area (TPSA) is 52.6 Å². The van der Waals surface area contributed by atoms with E-state index in [1.165, 1.54) is 0 Å². The summed E-state index contributed by atoms with van der Waals surface area (Å²) in [7, 11) is 0. The van der Waals surface area contributed by atoms with Crippen molar-refractivity contribution in [3.63, 3.8) is 0 Å². The monoisotopic (exact) mass is 442 g/mol. The van der Waals surface area contributed by atoms with E-state index in [-0.39, 0.29) is 0 Å². The first-order valence-corrected chi connectivity index (χ1v) is 11.8. The number of hydrogen-bond donors (Lipinski definition) is 0. The van der Waals surface area contributed by atoms with Crippen LogP contribution in [-0.4, -0.2) is 11.9 Å². The number of esters is 2. The van der Waals surface area contributed by atoms with Crippen LogP contribution in [0.2, 0.25) is 0 Å². The maximum atomic E-state index is 13.1. The maximum Gasteiger partial charge on any atom is 0.343 e. The second kappa shape index (κ2) is 10.5. The molecule has 0 aromatic heterocycles. The zero-order valence-electron chi connectivity index (χ0n) is 19.3. The summed E-state index contributed by atoms with van der Waals surface area (Å²) in [4.78, 5) is 26.1. The van der Waals surface area contributed by atoms with Gasteiger partial charge in [0.05, 0.1) is 11.1 Å². The molecule has 1 aliphatic rings. The Morgan fingerprint density at radius 2 is 1.21 bits per heavy atom. The minimum absolute atomic E-state index is 0.290. The number of rotatable bonds is 7. The first-order valence-electron chi connectivity index (χ1n) is 11.8. The third-order valence-electron chi connectivity index (χ3n) is 6.37. The highest BCUT2D eigenvalue weighted by atomic mass is 16.6. The lowest BCUT2D eigenvalue weighted by atomic mass is 9.88. The zero-order valence-corrected chi connectivity index (χ0v) is 19.3. The predicted octanol–water partition coefficient (Wildman–Crippen LogP) is 6.91. The zero-order chi connectivity index (χ0) is 23.2. The summed E-state index contributed by atoms with van der Waals surface area (Å²) in [5.74, 6) is 0.177. The van der Waals surface area contributed by atoms with Gasteiger partial charge in [-0.3, -0.25) is 0 Å². The van der Waals surface area contributed by atoms with Crippen molar-refractivity contribution in [3.8, 4) is 11.5 Å². The van der Waals surface area contributed by atoms with Gasteiger partial charge >= 0.3 is 11.9 Å². The van der Waals surface area contributed by atoms with Gasteiger partial charge in [0, 0.05) is 5.56 Å². The Kier molecular flexibility index (Phi) is 7.23. The molecule has 4 heteroatoms. The average molecular weight is 443 g/mol. The van der Waals surface area contributed by atoms with Gasteiger partial charge in [0.25, 0.3) is 0 Å². The Hall–Kier alpha value is -3.40. The van der Waals surface area contributed by atoms with E-state index in [1.807, 2.05) is 31.2 Å². The summed E-state index contributed by atoms with van der Waals surface area (Å²) in [6.07, 6.45) is 5.86. The minimum Gasteiger partial charge on any atom is -0.419 e. The van der Waals surface area contributed by atoms with Crippen LogP contribution in [0.15, 0.2) is 66.7 Å². The second-order valence-electron chi connectivity index (χ2n) is 8.47. The summed E-state index contributed by atoms with van der Waals surface area (Å²) < 4.78 is 12.1. The third-order valence-corrected chi connectivity index (χ3v) is 6.37. The van der Waals surface area contributed by atoms with Gasteiger partial charge in [-0.2, -0.15) is 0 Å². The molecule has 0 unspecified atom stereocenters. The Morgan fingerprint density at radius 3 is 1.70 bits per heavy atom. The van der Waals surface area contributed by atoms with Gasteiger partial charge in [0.15, 0.2) is 11.5 Å². The fraction of sp³-hybridized carbons (Fsp3) is 0.310. The smallest absolute Gasteiger partial charge is 0.343 e. The number of benzene rings is 3. The van der Waals surface area contributed by atoms with Crippen molar-refractivity contribution in [2.75, 3.05) is 0 Å². The van der Waals surface area contributed by atoms with E-state index >= 15 is 0 Å². The number of carbonyl (C=O) groups is 2. The molecule has 0 bridgehead atoms. The van der Waals surface area contributed by atoms with E-state index < -0.39 is 11.9 Å². The van der Waals surface area contributed by atoms with Crippen LogP contribution in [0.1, 0.15) is 82.9 Å². The Balaban J connectivity index is 1.84. The molecule has 0 heterocycles. The molecule has 0 atom stereocenters. The number of ether oxygens (including phenoxy) is 2. The lowest BCUT2D eigenvalue weighted by Crippen LogP contribution is -2.17. The third kappa shape index (κ3) is 5.00. The summed E-state index contributed by atoms with van der Waals surface area (Å²) in [5, 5.41) is 0. The van der Waals surface area contributed by atoms with Crippen LogP contribution in [0.25, 0.3) is 0 Å². The first-order chi connectivity index (χ1) is 16.1. The van der Waals surface area contributed by atoms with Crippen LogP contribution in [0.4, 0.5) is 0 Å². The summed E-state index contributed by atoms with van der Waals surface area (Å²) in [5.41, 5.74) is 3.98. The van der Waals surface area contributed by atoms with Crippen molar-refractivity contribution in [1.29, 1.82) is 0 Å². The van der Waals surface area contributed by atoms with Crippen LogP contribution in [0.3, 0.4) is 0 Å². The standard InChI is InChI=1S/C29H30O4/c1-3-20-19-21(4-2)26(32-28(30)23-15-7-5-8-16-23)27(25(20)22-13-11-12-14-22)33-29(31)24-17-9-6-10-18-24/h5-10,15-19,22H,3-4,11-14H2,1-2H3. The van der Waals surface area contributed by atoms with Crippen LogP contribution in [0.5, 0.6) is 11.5 Å². The van der Waals surface area contributed by atoms with Crippen molar-refractivity contribution in [1.82, 2.24) is 0 Å². The van der Waals surface area contributed by atoms with Gasteiger partial charge in [0.2, 0.25) is 0 Å². The van der Waals surface area contributed by atoms with Gasteiger partial charge in [-0.25, -0.2) is 9.59 Å². The van der Waals surface area contributed by atoms with Crippen LogP contribution in [0, 0.1) is 0 Å². The fourth-order valence-electron chi connectivity index (χ4n) is 4.65. The SMILES string of the molecule is CCc1cc(CC)c(C2CCCC2)c(OC(=O)c2ccccc2)c1OC(=O)c1ccccc1. The molecule has 3 aromatic rings. The fourth-order valence-corrected chi connectivity index (χ4v) is 4.65. The van der Waals surface area contributed by atoms with Gasteiger partial charge in [-0.05, 0) is 67.0 Å². The van der Waals surface area contributed by atoms with Gasteiger partial charge in [0.1, 0.15) is 0 Å². The molecule has 0 aliphatic heterocycles. The van der Waals surface area contributed by atoms with Crippen molar-refractivity contribution < 1.29 is 19.1 Å². The highest BCUT2D eigenvalue weighted by Gasteiger charge is 2.30. The maximum absolute atomic E-state index is 13.1. The molecule has 4 nitrogen and oxygen atoms in total. The molecule has 0 radical (unpaired) electrons. The van der Waals surface area contributed by atoms with Crippen molar-refractivity contribution in [2.45, 2.75) is 58.3 Å². The second-order valence-corrected chi connectivity index (χ2v) is 8.47. The largest absolute Gasteiger partial charge is 0.419 e. The molecule has 170 valence electrons. The molecule has 33 heavy (non-hydrogen) atoms. The summed E-state index contributed by atoms with van der Waals surface area (Å²) >= 11 is 0. The molecular weight excluding hydrogens is 412 g/mol. The minimum atomic E-state index is -0.455. The van der Waals surface area contributed by atoms with Crippen LogP contribution in [-0.2, 0) is 12.8 Å². The molecule has 0 spiro atoms. The molecule has 1 aliphatic carbocycles. The van der Waals surface area contributed by atoms with E-state index in [1.54, 1.807) is 36.4 Å². The summed E-state index contributed by atoms with van der Waals surface area (Å²) in [6.45, 7) is 4.14. The highest BCUT2D eigenvalue weighted by Crippen LogP contribution is 2.47. The highest BCUT2D eigenvalue weighted by molar-refractivity contribution is 5.93. The van der Waals surface area contributed by atoms with E-state index in [0.29, 0.717) is 35.0 Å². The van der Waals surface area contributed by atoms with Crippen molar-refractivity contribution >= 4 is 11.9 Å². The van der Waals surface area contributed by atoms with E-state index in [4.69, 9.17) is 9.47 Å². The molecule has 3 aromatic carbocycles. The van der Waals surface area contributed by atoms with E-state index in [9.17, 15) is 9.59 Å². The van der Waals surface area contributed by atoms with Gasteiger partial charge in [-0.1, -0.05) is 69.2 Å². The molecular formula is C29H30O4. The quantitative estimate of drug-likeness (QED) is 0.295. The van der Waals surface area contributed by atoms with Crippen molar-refractivity contribution in [2.24, 2.45) is 0 Å². The molecule has 0 amide bonds. The Labute approximate surface area is 195 Å². The lowest BCUT2D eigenvalue weighted by Gasteiger charge is -2.24. The lowest BCUT2D eigenvalue weighted by molar-refractivity contribution is 0.0679. The number of carbonyl (C=O) groups excluding carboxylic acids is 2. The number of hydrogen-bond acceptors (Lipinski definition) is 4. The van der Waals surface area contributed by atoms with Gasteiger partial charge in [-0.15, -0.1) is 0 Å². The molecule has 0 saturated heterocycles. The van der Waals surface area contributed by atoms with Crippen LogP contribution < -0.4 is 9.47 Å². The number of aryl methyl sites for hydroxylation is 2. The normalized spacial score (nSPS) is 13.6.